The summed E-state index contributed by atoms with van der Waals surface area (Å²) >= 11 is 0. The van der Waals surface area contributed by atoms with Crippen molar-refractivity contribution in [2.24, 2.45) is 17.4 Å². The minimum atomic E-state index is -1.09. The summed E-state index contributed by atoms with van der Waals surface area (Å²) in [5, 5.41) is 4.46. The van der Waals surface area contributed by atoms with Gasteiger partial charge in [-0.15, -0.1) is 0 Å². The Balaban J connectivity index is 1.43. The molecule has 2 aromatic carbocycles. The summed E-state index contributed by atoms with van der Waals surface area (Å²) in [5.74, 6) is -1.08. The molecule has 5 rings (SSSR count). The lowest BCUT2D eigenvalue weighted by molar-refractivity contribution is -0.136. The Bertz CT molecular complexity index is 1640. The van der Waals surface area contributed by atoms with Crippen molar-refractivity contribution in [3.8, 4) is 17.2 Å². The zero-order valence-electron chi connectivity index (χ0n) is 25.7. The highest BCUT2D eigenvalue weighted by Crippen LogP contribution is 2.37. The van der Waals surface area contributed by atoms with E-state index in [0.717, 1.165) is 45.2 Å². The Morgan fingerprint density at radius 1 is 1.11 bits per heavy atom. The Hall–Kier alpha value is -4.57. The number of carbonyl (C=O) groups is 2. The van der Waals surface area contributed by atoms with Crippen LogP contribution in [0.3, 0.4) is 0 Å². The molecule has 1 saturated heterocycles. The van der Waals surface area contributed by atoms with Crippen molar-refractivity contribution >= 4 is 29.8 Å². The monoisotopic (exact) mass is 616 g/mol. The van der Waals surface area contributed by atoms with Crippen LogP contribution in [0.4, 0.5) is 10.1 Å². The van der Waals surface area contributed by atoms with Gasteiger partial charge in [-0.05, 0) is 111 Å². The fourth-order valence-corrected chi connectivity index (χ4v) is 6.26. The van der Waals surface area contributed by atoms with Crippen LogP contribution in [0.15, 0.2) is 65.9 Å². The number of anilines is 1. The molecule has 0 radical (unpaired) electrons. The maximum atomic E-state index is 15.7. The van der Waals surface area contributed by atoms with Crippen molar-refractivity contribution < 1.29 is 28.2 Å². The van der Waals surface area contributed by atoms with Gasteiger partial charge in [-0.2, -0.15) is 0 Å². The molecule has 1 atom stereocenters. The largest absolute Gasteiger partial charge is 0.493 e. The lowest BCUT2D eigenvalue weighted by Gasteiger charge is -2.36. The summed E-state index contributed by atoms with van der Waals surface area (Å²) in [6.07, 6.45) is 13.0. The van der Waals surface area contributed by atoms with E-state index in [9.17, 15) is 9.59 Å². The fraction of sp³-hybridized carbons (Fsp3) is 0.371. The van der Waals surface area contributed by atoms with Crippen LogP contribution in [0.5, 0.6) is 17.2 Å². The second-order valence-corrected chi connectivity index (χ2v) is 11.6. The normalized spacial score (nSPS) is 19.2. The van der Waals surface area contributed by atoms with Crippen molar-refractivity contribution in [1.82, 2.24) is 5.32 Å². The highest BCUT2D eigenvalue weighted by molar-refractivity contribution is 6.40. The quantitative estimate of drug-likeness (QED) is 0.369. The lowest BCUT2D eigenvalue weighted by atomic mass is 9.82. The van der Waals surface area contributed by atoms with Crippen molar-refractivity contribution in [2.75, 3.05) is 31.7 Å². The number of halogens is 1. The minimum Gasteiger partial charge on any atom is -0.493 e. The van der Waals surface area contributed by atoms with Crippen LogP contribution in [-0.4, -0.2) is 44.7 Å². The van der Waals surface area contributed by atoms with E-state index in [1.165, 1.54) is 40.5 Å². The van der Waals surface area contributed by atoms with Crippen molar-refractivity contribution in [3.05, 3.63) is 82.2 Å². The first-order valence-corrected chi connectivity index (χ1v) is 15.4. The number of nitrogens with two attached hydrogens (primary N) is 2. The van der Waals surface area contributed by atoms with Crippen LogP contribution >= 0.6 is 0 Å². The molecule has 1 heterocycles. The lowest BCUT2D eigenvalue weighted by Crippen LogP contribution is -2.47. The number of rotatable bonds is 9. The second-order valence-electron chi connectivity index (χ2n) is 11.6. The average molecular weight is 617 g/mol. The van der Waals surface area contributed by atoms with Gasteiger partial charge in [0.25, 0.3) is 0 Å². The molecule has 1 unspecified atom stereocenters. The standard InChI is InChI=1S/C35H41FN4O5/c1-22-17-33(44-21-23-12-15-39-16-13-23)32(43-2)20-28(22)30(11-14-37)45-31-10-9-27(19-29(31)36)40(35(42)34(38)41)26-8-7-24-5-3-4-6-25(24)18-26/h3,5,9-11,14,17,19-20,23,26,39H,1,4,6-8,12-13,15-16,18,21,37H2,2H3,(H2,38,41)/b14-11-,30-28+. The smallest absolute Gasteiger partial charge is 0.316 e. The van der Waals surface area contributed by atoms with Crippen LogP contribution < -0.4 is 46.3 Å². The number of allylic oxidation sites excluding steroid dienone is 3. The van der Waals surface area contributed by atoms with Crippen LogP contribution in [0.2, 0.25) is 0 Å². The fourth-order valence-electron chi connectivity index (χ4n) is 6.26. The molecular formula is C35H41FN4O5. The van der Waals surface area contributed by atoms with Crippen LogP contribution in [0, 0.1) is 11.7 Å². The number of benzene rings is 2. The van der Waals surface area contributed by atoms with Crippen molar-refractivity contribution in [2.45, 2.75) is 51.0 Å². The first kappa shape index (κ1) is 31.8. The van der Waals surface area contributed by atoms with E-state index in [4.69, 9.17) is 25.7 Å². The van der Waals surface area contributed by atoms with Crippen molar-refractivity contribution in [1.29, 1.82) is 0 Å². The molecule has 238 valence electrons. The number of nitrogens with one attached hydrogen (secondary N) is 1. The van der Waals surface area contributed by atoms with Gasteiger partial charge in [-0.25, -0.2) is 4.39 Å². The predicted octanol–water partition coefficient (Wildman–Crippen LogP) is 3.30. The SMILES string of the molecule is C=c1cc(OCC2CCNCC2)c(OC)c/c1=C(/C=C\N)Oc1ccc(N(C(=O)C(N)=O)C2CCC3=C(CCC=C3)C2)cc1F. The summed E-state index contributed by atoms with van der Waals surface area (Å²) in [6, 6.07) is 7.33. The minimum absolute atomic E-state index is 0.103. The van der Waals surface area contributed by atoms with Gasteiger partial charge in [0.2, 0.25) is 0 Å². The van der Waals surface area contributed by atoms with E-state index in [0.29, 0.717) is 47.3 Å². The molecule has 0 bridgehead atoms. The highest BCUT2D eigenvalue weighted by Gasteiger charge is 2.33. The molecule has 1 aliphatic heterocycles. The number of ether oxygens (including phenoxy) is 3. The summed E-state index contributed by atoms with van der Waals surface area (Å²) < 4.78 is 33.4. The molecule has 10 heteroatoms. The summed E-state index contributed by atoms with van der Waals surface area (Å²) in [6.45, 7) is 6.67. The van der Waals surface area contributed by atoms with Crippen molar-refractivity contribution in [3.63, 3.8) is 0 Å². The van der Waals surface area contributed by atoms with E-state index in [1.807, 2.05) is 0 Å². The molecule has 5 N–H and O–H groups in total. The highest BCUT2D eigenvalue weighted by atomic mass is 19.1. The van der Waals surface area contributed by atoms with E-state index in [1.54, 1.807) is 25.3 Å². The molecule has 2 amide bonds. The Morgan fingerprint density at radius 3 is 2.62 bits per heavy atom. The number of carbonyl (C=O) groups excluding carboxylic acids is 2. The van der Waals surface area contributed by atoms with E-state index in [-0.39, 0.29) is 23.2 Å². The van der Waals surface area contributed by atoms with Crippen LogP contribution in [0.1, 0.15) is 44.9 Å². The molecule has 0 aromatic heterocycles. The molecule has 0 saturated carbocycles. The molecule has 1 fully saturated rings. The van der Waals surface area contributed by atoms with E-state index in [2.05, 4.69) is 24.0 Å². The van der Waals surface area contributed by atoms with Crippen LogP contribution in [0.25, 0.3) is 12.3 Å². The maximum absolute atomic E-state index is 15.7. The van der Waals surface area contributed by atoms with Gasteiger partial charge in [0.15, 0.2) is 23.1 Å². The van der Waals surface area contributed by atoms with E-state index >= 15 is 4.39 Å². The number of hydrogen-bond donors (Lipinski definition) is 3. The molecule has 2 aromatic rings. The number of piperidine rings is 1. The zero-order chi connectivity index (χ0) is 31.9. The Morgan fingerprint density at radius 2 is 1.91 bits per heavy atom. The van der Waals surface area contributed by atoms with E-state index < -0.39 is 17.6 Å². The van der Waals surface area contributed by atoms with Gasteiger partial charge >= 0.3 is 11.8 Å². The van der Waals surface area contributed by atoms with Gasteiger partial charge in [0, 0.05) is 23.0 Å². The summed E-state index contributed by atoms with van der Waals surface area (Å²) in [4.78, 5) is 26.4. The topological polar surface area (TPSA) is 129 Å². The third-order valence-electron chi connectivity index (χ3n) is 8.66. The molecular weight excluding hydrogens is 575 g/mol. The molecule has 9 nitrogen and oxygen atoms in total. The van der Waals surface area contributed by atoms with Gasteiger partial charge in [0.05, 0.1) is 13.7 Å². The van der Waals surface area contributed by atoms with Crippen LogP contribution in [-0.2, 0) is 9.59 Å². The third kappa shape index (κ3) is 7.39. The van der Waals surface area contributed by atoms with Gasteiger partial charge in [-0.1, -0.05) is 24.3 Å². The average Bonchev–Trinajstić information content (AvgIpc) is 3.05. The van der Waals surface area contributed by atoms with Gasteiger partial charge in [0.1, 0.15) is 5.76 Å². The summed E-state index contributed by atoms with van der Waals surface area (Å²) in [7, 11) is 1.55. The first-order chi connectivity index (χ1) is 21.8. The van der Waals surface area contributed by atoms with Gasteiger partial charge < -0.3 is 35.9 Å². The summed E-state index contributed by atoms with van der Waals surface area (Å²) in [5.41, 5.74) is 13.9. The number of primary amides is 1. The number of nitrogens with zero attached hydrogens (tertiary/aromatic N) is 1. The zero-order valence-corrected chi connectivity index (χ0v) is 25.7. The Kier molecular flexibility index (Phi) is 10.2. The number of hydrogen-bond acceptors (Lipinski definition) is 7. The third-order valence-corrected chi connectivity index (χ3v) is 8.66. The predicted molar refractivity (Wildman–Crippen MR) is 172 cm³/mol. The van der Waals surface area contributed by atoms with Gasteiger partial charge in [-0.3, -0.25) is 9.59 Å². The number of amides is 2. The first-order valence-electron chi connectivity index (χ1n) is 15.4. The molecule has 0 spiro atoms. The molecule has 3 aliphatic rings. The molecule has 45 heavy (non-hydrogen) atoms. The maximum Gasteiger partial charge on any atom is 0.316 e. The molecule has 2 aliphatic carbocycles. The Labute approximate surface area is 262 Å². The number of methoxy groups -OCH3 is 1. The second kappa shape index (κ2) is 14.5.